The Kier molecular flexibility index (Phi) is 6.76. The lowest BCUT2D eigenvalue weighted by atomic mass is 10.1. The molecule has 0 saturated heterocycles. The zero-order valence-electron chi connectivity index (χ0n) is 15.6. The van der Waals surface area contributed by atoms with Gasteiger partial charge in [-0.3, -0.25) is 9.59 Å². The van der Waals surface area contributed by atoms with Crippen LogP contribution in [-0.4, -0.2) is 25.1 Å². The molecule has 0 saturated carbocycles. The molecule has 29 heavy (non-hydrogen) atoms. The van der Waals surface area contributed by atoms with E-state index in [0.717, 1.165) is 10.0 Å². The number of ether oxygens (including phenoxy) is 1. The van der Waals surface area contributed by atoms with Crippen molar-refractivity contribution in [1.82, 2.24) is 5.43 Å². The van der Waals surface area contributed by atoms with Crippen LogP contribution in [0.3, 0.4) is 0 Å². The number of rotatable bonds is 6. The van der Waals surface area contributed by atoms with E-state index in [0.29, 0.717) is 22.6 Å². The predicted octanol–water partition coefficient (Wildman–Crippen LogP) is 4.47. The molecule has 0 spiro atoms. The number of amides is 2. The molecule has 2 amide bonds. The first-order valence-corrected chi connectivity index (χ1v) is 9.50. The summed E-state index contributed by atoms with van der Waals surface area (Å²) in [6.07, 6.45) is 1.54. The Hall–Kier alpha value is -3.45. The highest BCUT2D eigenvalue weighted by Gasteiger charge is 2.14. The van der Waals surface area contributed by atoms with Gasteiger partial charge in [-0.15, -0.1) is 0 Å². The summed E-state index contributed by atoms with van der Waals surface area (Å²) in [6.45, 7) is 0. The zero-order valence-corrected chi connectivity index (χ0v) is 17.1. The highest BCUT2D eigenvalue weighted by molar-refractivity contribution is 9.10. The number of hydrazone groups is 1. The van der Waals surface area contributed by atoms with Crippen molar-refractivity contribution in [2.75, 3.05) is 12.4 Å². The first kappa shape index (κ1) is 20.3. The molecule has 2 N–H and O–H groups in total. The molecule has 0 aliphatic carbocycles. The first-order chi connectivity index (χ1) is 14.1. The van der Waals surface area contributed by atoms with Crippen LogP contribution in [-0.2, 0) is 0 Å². The van der Waals surface area contributed by atoms with E-state index in [1.54, 1.807) is 61.9 Å². The standard InChI is InChI=1S/C22H18BrN3O3/c1-29-17-12-10-15(11-13-17)21(27)25-20-9-5-3-7-18(20)22(28)26-24-14-16-6-2-4-8-19(16)23/h2-14H,1H3,(H,25,27)(H,26,28)/b24-14-. The van der Waals surface area contributed by atoms with Crippen LogP contribution in [0.2, 0.25) is 0 Å². The van der Waals surface area contributed by atoms with Crippen molar-refractivity contribution in [2.24, 2.45) is 5.10 Å². The van der Waals surface area contributed by atoms with Gasteiger partial charge in [0.2, 0.25) is 0 Å². The van der Waals surface area contributed by atoms with E-state index < -0.39 is 5.91 Å². The quantitative estimate of drug-likeness (QED) is 0.428. The van der Waals surface area contributed by atoms with Gasteiger partial charge in [-0.1, -0.05) is 46.3 Å². The molecule has 3 rings (SSSR count). The van der Waals surface area contributed by atoms with Crippen molar-refractivity contribution >= 4 is 39.6 Å². The number of carbonyl (C=O) groups excluding carboxylic acids is 2. The maximum Gasteiger partial charge on any atom is 0.273 e. The second kappa shape index (κ2) is 9.66. The molecular weight excluding hydrogens is 434 g/mol. The number of benzene rings is 3. The van der Waals surface area contributed by atoms with Crippen LogP contribution in [0, 0.1) is 0 Å². The third kappa shape index (κ3) is 5.30. The number of hydrogen-bond acceptors (Lipinski definition) is 4. The Labute approximate surface area is 176 Å². The summed E-state index contributed by atoms with van der Waals surface area (Å²) >= 11 is 3.42. The summed E-state index contributed by atoms with van der Waals surface area (Å²) < 4.78 is 5.96. The number of nitrogens with zero attached hydrogens (tertiary/aromatic N) is 1. The number of para-hydroxylation sites is 1. The van der Waals surface area contributed by atoms with Crippen molar-refractivity contribution in [2.45, 2.75) is 0 Å². The Morgan fingerprint density at radius 3 is 2.34 bits per heavy atom. The van der Waals surface area contributed by atoms with Crippen LogP contribution in [0.5, 0.6) is 5.75 Å². The van der Waals surface area contributed by atoms with E-state index >= 15 is 0 Å². The number of nitrogens with one attached hydrogen (secondary N) is 2. The second-order valence-electron chi connectivity index (χ2n) is 5.95. The summed E-state index contributed by atoms with van der Waals surface area (Å²) in [5.74, 6) is -0.104. The number of halogens is 1. The van der Waals surface area contributed by atoms with Gasteiger partial charge in [0, 0.05) is 15.6 Å². The molecule has 0 aromatic heterocycles. The van der Waals surface area contributed by atoms with Gasteiger partial charge in [-0.05, 0) is 42.5 Å². The molecule has 0 aliphatic heterocycles. The predicted molar refractivity (Wildman–Crippen MR) is 117 cm³/mol. The highest BCUT2D eigenvalue weighted by atomic mass is 79.9. The molecule has 146 valence electrons. The van der Waals surface area contributed by atoms with E-state index in [4.69, 9.17) is 4.74 Å². The Balaban J connectivity index is 1.71. The van der Waals surface area contributed by atoms with Crippen LogP contribution in [0.4, 0.5) is 5.69 Å². The van der Waals surface area contributed by atoms with Gasteiger partial charge in [0.05, 0.1) is 24.6 Å². The van der Waals surface area contributed by atoms with Crippen LogP contribution < -0.4 is 15.5 Å². The Bertz CT molecular complexity index is 1050. The molecule has 0 heterocycles. The van der Waals surface area contributed by atoms with Crippen LogP contribution in [0.1, 0.15) is 26.3 Å². The molecule has 0 atom stereocenters. The molecule has 0 unspecified atom stereocenters. The smallest absolute Gasteiger partial charge is 0.273 e. The maximum atomic E-state index is 12.5. The molecule has 0 radical (unpaired) electrons. The Morgan fingerprint density at radius 1 is 0.931 bits per heavy atom. The van der Waals surface area contributed by atoms with E-state index in [1.807, 2.05) is 24.3 Å². The van der Waals surface area contributed by atoms with Crippen molar-refractivity contribution in [3.8, 4) is 5.75 Å². The normalized spacial score (nSPS) is 10.6. The van der Waals surface area contributed by atoms with Gasteiger partial charge in [0.1, 0.15) is 5.75 Å². The third-order valence-electron chi connectivity index (χ3n) is 4.05. The van der Waals surface area contributed by atoms with Crippen molar-refractivity contribution < 1.29 is 14.3 Å². The van der Waals surface area contributed by atoms with E-state index in [-0.39, 0.29) is 5.91 Å². The average Bonchev–Trinajstić information content (AvgIpc) is 2.75. The zero-order chi connectivity index (χ0) is 20.6. The monoisotopic (exact) mass is 451 g/mol. The number of methoxy groups -OCH3 is 1. The third-order valence-corrected chi connectivity index (χ3v) is 4.77. The topological polar surface area (TPSA) is 79.8 Å². The van der Waals surface area contributed by atoms with Gasteiger partial charge >= 0.3 is 0 Å². The first-order valence-electron chi connectivity index (χ1n) is 8.71. The van der Waals surface area contributed by atoms with Gasteiger partial charge in [-0.25, -0.2) is 5.43 Å². The lowest BCUT2D eigenvalue weighted by Crippen LogP contribution is -2.21. The molecule has 3 aromatic rings. The van der Waals surface area contributed by atoms with Gasteiger partial charge in [0.15, 0.2) is 0 Å². The van der Waals surface area contributed by atoms with E-state index in [1.165, 1.54) is 0 Å². The van der Waals surface area contributed by atoms with Crippen LogP contribution in [0.25, 0.3) is 0 Å². The maximum absolute atomic E-state index is 12.5. The summed E-state index contributed by atoms with van der Waals surface area (Å²) in [5, 5.41) is 6.76. The van der Waals surface area contributed by atoms with E-state index in [9.17, 15) is 9.59 Å². The fourth-order valence-corrected chi connectivity index (χ4v) is 2.91. The lowest BCUT2D eigenvalue weighted by molar-refractivity contribution is 0.0956. The summed E-state index contributed by atoms with van der Waals surface area (Å²) in [6, 6.07) is 20.9. The van der Waals surface area contributed by atoms with E-state index in [2.05, 4.69) is 31.8 Å². The van der Waals surface area contributed by atoms with Gasteiger partial charge in [-0.2, -0.15) is 5.10 Å². The second-order valence-corrected chi connectivity index (χ2v) is 6.80. The molecule has 0 fully saturated rings. The summed E-state index contributed by atoms with van der Waals surface area (Å²) in [5.41, 5.74) is 4.46. The summed E-state index contributed by atoms with van der Waals surface area (Å²) in [4.78, 5) is 25.0. The fourth-order valence-electron chi connectivity index (χ4n) is 2.53. The lowest BCUT2D eigenvalue weighted by Gasteiger charge is -2.10. The Morgan fingerprint density at radius 2 is 1.62 bits per heavy atom. The SMILES string of the molecule is COc1ccc(C(=O)Nc2ccccc2C(=O)N/N=C\c2ccccc2Br)cc1. The number of anilines is 1. The fraction of sp³-hybridized carbons (Fsp3) is 0.0455. The molecule has 0 bridgehead atoms. The van der Waals surface area contributed by atoms with Gasteiger partial charge in [0.25, 0.3) is 11.8 Å². The molecule has 3 aromatic carbocycles. The van der Waals surface area contributed by atoms with Crippen molar-refractivity contribution in [3.05, 3.63) is 94.0 Å². The molecular formula is C22H18BrN3O3. The molecule has 7 heteroatoms. The number of carbonyl (C=O) groups is 2. The minimum atomic E-state index is -0.432. The minimum Gasteiger partial charge on any atom is -0.497 e. The largest absolute Gasteiger partial charge is 0.497 e. The average molecular weight is 452 g/mol. The van der Waals surface area contributed by atoms with Crippen LogP contribution in [0.15, 0.2) is 82.4 Å². The van der Waals surface area contributed by atoms with Crippen LogP contribution >= 0.6 is 15.9 Å². The molecule has 6 nitrogen and oxygen atoms in total. The summed E-state index contributed by atoms with van der Waals surface area (Å²) in [7, 11) is 1.56. The number of hydrogen-bond donors (Lipinski definition) is 2. The highest BCUT2D eigenvalue weighted by Crippen LogP contribution is 2.18. The van der Waals surface area contributed by atoms with Crippen molar-refractivity contribution in [1.29, 1.82) is 0 Å². The minimum absolute atomic E-state index is 0.304. The molecule has 0 aliphatic rings. The van der Waals surface area contributed by atoms with Crippen molar-refractivity contribution in [3.63, 3.8) is 0 Å². The van der Waals surface area contributed by atoms with Gasteiger partial charge < -0.3 is 10.1 Å².